The third-order valence-electron chi connectivity index (χ3n) is 5.54. The number of amides is 1. The fraction of sp³-hybridized carbons (Fsp3) is 0.450. The molecule has 27 heavy (non-hydrogen) atoms. The van der Waals surface area contributed by atoms with E-state index in [0.717, 1.165) is 29.8 Å². The molecule has 0 saturated heterocycles. The van der Waals surface area contributed by atoms with E-state index < -0.39 is 11.9 Å². The molecule has 2 atom stereocenters. The summed E-state index contributed by atoms with van der Waals surface area (Å²) in [6, 6.07) is 9.48. The lowest BCUT2D eigenvalue weighted by Gasteiger charge is -2.52. The maximum atomic E-state index is 11.7. The molecular formula is C20H24N2O5. The van der Waals surface area contributed by atoms with Gasteiger partial charge in [0.25, 0.3) is 0 Å². The van der Waals surface area contributed by atoms with Gasteiger partial charge in [0.2, 0.25) is 0 Å². The number of carbonyl (C=O) groups excluding carboxylic acids is 2. The summed E-state index contributed by atoms with van der Waals surface area (Å²) in [7, 11) is 2.82. The monoisotopic (exact) mass is 372 g/mol. The van der Waals surface area contributed by atoms with Gasteiger partial charge in [-0.05, 0) is 48.4 Å². The van der Waals surface area contributed by atoms with E-state index in [0.29, 0.717) is 11.7 Å². The third kappa shape index (κ3) is 3.82. The van der Waals surface area contributed by atoms with Gasteiger partial charge in [-0.2, -0.15) is 0 Å². The van der Waals surface area contributed by atoms with Crippen LogP contribution in [0.15, 0.2) is 34.9 Å². The SMILES string of the molecule is COC(=O)C(=O)N[C@H]1C[C@@H](Cc2cc(-c3ccc(OC)cc3)on2)C1(C)C. The predicted octanol–water partition coefficient (Wildman–Crippen LogP) is 2.60. The Kier molecular flexibility index (Phi) is 5.21. The van der Waals surface area contributed by atoms with Gasteiger partial charge < -0.3 is 19.3 Å². The van der Waals surface area contributed by atoms with Gasteiger partial charge in [-0.15, -0.1) is 0 Å². The third-order valence-corrected chi connectivity index (χ3v) is 5.54. The van der Waals surface area contributed by atoms with Crippen LogP contribution in [0.3, 0.4) is 0 Å². The first kappa shape index (κ1) is 18.9. The van der Waals surface area contributed by atoms with Gasteiger partial charge in [0, 0.05) is 17.7 Å². The summed E-state index contributed by atoms with van der Waals surface area (Å²) in [5.74, 6) is 0.261. The Morgan fingerprint density at radius 2 is 1.96 bits per heavy atom. The molecule has 1 aliphatic carbocycles. The number of nitrogens with one attached hydrogen (secondary N) is 1. The second kappa shape index (κ2) is 7.42. The van der Waals surface area contributed by atoms with Crippen LogP contribution in [0.2, 0.25) is 0 Å². The van der Waals surface area contributed by atoms with Crippen molar-refractivity contribution >= 4 is 11.9 Å². The molecular weight excluding hydrogens is 348 g/mol. The molecule has 0 radical (unpaired) electrons. The van der Waals surface area contributed by atoms with E-state index in [2.05, 4.69) is 29.1 Å². The van der Waals surface area contributed by atoms with Crippen LogP contribution in [0.25, 0.3) is 11.3 Å². The molecule has 0 unspecified atom stereocenters. The van der Waals surface area contributed by atoms with Crippen molar-refractivity contribution in [2.45, 2.75) is 32.7 Å². The fourth-order valence-corrected chi connectivity index (χ4v) is 3.47. The van der Waals surface area contributed by atoms with Gasteiger partial charge in [-0.3, -0.25) is 4.79 Å². The average molecular weight is 372 g/mol. The van der Waals surface area contributed by atoms with Crippen molar-refractivity contribution in [3.05, 3.63) is 36.0 Å². The standard InChI is InChI=1S/C20H24N2O5/c1-20(2)13(10-17(20)21-18(23)19(24)26-4)9-14-11-16(27-22-14)12-5-7-15(25-3)8-6-12/h5-8,11,13,17H,9-10H2,1-4H3,(H,21,23)/t13-,17+/m1/s1. The molecule has 0 bridgehead atoms. The van der Waals surface area contributed by atoms with Crippen LogP contribution >= 0.6 is 0 Å². The van der Waals surface area contributed by atoms with Gasteiger partial charge in [-0.1, -0.05) is 19.0 Å². The first-order valence-corrected chi connectivity index (χ1v) is 8.84. The Balaban J connectivity index is 1.61. The van der Waals surface area contributed by atoms with E-state index in [1.807, 2.05) is 30.3 Å². The Morgan fingerprint density at radius 1 is 1.26 bits per heavy atom. The highest BCUT2D eigenvalue weighted by Gasteiger charge is 2.49. The molecule has 1 aromatic carbocycles. The largest absolute Gasteiger partial charge is 0.497 e. The second-order valence-electron chi connectivity index (χ2n) is 7.39. The number of aromatic nitrogens is 1. The van der Waals surface area contributed by atoms with Crippen LogP contribution in [0.1, 0.15) is 26.0 Å². The number of esters is 1. The molecule has 1 saturated carbocycles. The van der Waals surface area contributed by atoms with Crippen LogP contribution in [-0.4, -0.2) is 37.3 Å². The minimum absolute atomic E-state index is 0.0675. The van der Waals surface area contributed by atoms with E-state index >= 15 is 0 Å². The summed E-state index contributed by atoms with van der Waals surface area (Å²) >= 11 is 0. The van der Waals surface area contributed by atoms with Crippen molar-refractivity contribution < 1.29 is 23.6 Å². The molecule has 3 rings (SSSR count). The number of ether oxygens (including phenoxy) is 2. The molecule has 1 N–H and O–H groups in total. The Labute approximate surface area is 158 Å². The highest BCUT2D eigenvalue weighted by atomic mass is 16.5. The maximum absolute atomic E-state index is 11.7. The molecule has 7 heteroatoms. The Bertz CT molecular complexity index is 825. The quantitative estimate of drug-likeness (QED) is 0.641. The highest BCUT2D eigenvalue weighted by Crippen LogP contribution is 2.47. The predicted molar refractivity (Wildman–Crippen MR) is 98.0 cm³/mol. The van der Waals surface area contributed by atoms with E-state index in [1.165, 1.54) is 7.11 Å². The highest BCUT2D eigenvalue weighted by molar-refractivity contribution is 6.32. The molecule has 1 fully saturated rings. The van der Waals surface area contributed by atoms with Gasteiger partial charge in [-0.25, -0.2) is 4.79 Å². The first-order valence-electron chi connectivity index (χ1n) is 8.84. The number of hydrogen-bond donors (Lipinski definition) is 1. The van der Waals surface area contributed by atoms with Gasteiger partial charge in [0.05, 0.1) is 19.9 Å². The zero-order valence-corrected chi connectivity index (χ0v) is 15.9. The summed E-state index contributed by atoms with van der Waals surface area (Å²) in [5.41, 5.74) is 1.66. The van der Waals surface area contributed by atoms with Crippen molar-refractivity contribution in [1.82, 2.24) is 10.5 Å². The lowest BCUT2D eigenvalue weighted by Crippen LogP contribution is -2.59. The van der Waals surface area contributed by atoms with E-state index in [4.69, 9.17) is 9.26 Å². The smallest absolute Gasteiger partial charge is 0.396 e. The fourth-order valence-electron chi connectivity index (χ4n) is 3.47. The summed E-state index contributed by atoms with van der Waals surface area (Å²) in [6.07, 6.45) is 1.53. The Morgan fingerprint density at radius 3 is 2.56 bits per heavy atom. The lowest BCUT2D eigenvalue weighted by molar-refractivity contribution is -0.154. The minimum Gasteiger partial charge on any atom is -0.497 e. The zero-order chi connectivity index (χ0) is 19.6. The maximum Gasteiger partial charge on any atom is 0.396 e. The van der Waals surface area contributed by atoms with Crippen molar-refractivity contribution in [2.24, 2.45) is 11.3 Å². The van der Waals surface area contributed by atoms with Gasteiger partial charge in [0.1, 0.15) is 5.75 Å². The topological polar surface area (TPSA) is 90.7 Å². The van der Waals surface area contributed by atoms with E-state index in [9.17, 15) is 9.59 Å². The summed E-state index contributed by atoms with van der Waals surface area (Å²) < 4.78 is 15.1. The normalized spacial score (nSPS) is 20.4. The van der Waals surface area contributed by atoms with Crippen LogP contribution in [0.5, 0.6) is 5.75 Å². The van der Waals surface area contributed by atoms with E-state index in [1.54, 1.807) is 7.11 Å². The van der Waals surface area contributed by atoms with Gasteiger partial charge in [0.15, 0.2) is 5.76 Å². The molecule has 1 amide bonds. The first-order chi connectivity index (χ1) is 12.8. The van der Waals surface area contributed by atoms with Crippen molar-refractivity contribution in [3.8, 4) is 17.1 Å². The number of rotatable bonds is 5. The molecule has 1 heterocycles. The minimum atomic E-state index is -0.866. The number of nitrogens with zero attached hydrogens (tertiary/aromatic N) is 1. The van der Waals surface area contributed by atoms with E-state index in [-0.39, 0.29) is 11.5 Å². The number of benzene rings is 1. The molecule has 1 aliphatic rings. The molecule has 1 aromatic heterocycles. The van der Waals surface area contributed by atoms with Crippen LogP contribution in [0, 0.1) is 11.3 Å². The molecule has 7 nitrogen and oxygen atoms in total. The molecule has 0 aliphatic heterocycles. The van der Waals surface area contributed by atoms with Crippen LogP contribution < -0.4 is 10.1 Å². The molecule has 2 aromatic rings. The van der Waals surface area contributed by atoms with Crippen LogP contribution in [-0.2, 0) is 20.7 Å². The Hall–Kier alpha value is -2.83. The molecule has 144 valence electrons. The number of methoxy groups -OCH3 is 2. The zero-order valence-electron chi connectivity index (χ0n) is 15.9. The van der Waals surface area contributed by atoms with Crippen LogP contribution in [0.4, 0.5) is 0 Å². The number of carbonyl (C=O) groups is 2. The molecule has 0 spiro atoms. The van der Waals surface area contributed by atoms with Gasteiger partial charge >= 0.3 is 11.9 Å². The summed E-state index contributed by atoms with van der Waals surface area (Å²) in [5, 5.41) is 6.93. The van der Waals surface area contributed by atoms with Crippen molar-refractivity contribution in [2.75, 3.05) is 14.2 Å². The lowest BCUT2D eigenvalue weighted by atomic mass is 9.57. The summed E-state index contributed by atoms with van der Waals surface area (Å²) in [6.45, 7) is 4.15. The summed E-state index contributed by atoms with van der Waals surface area (Å²) in [4.78, 5) is 23.0. The van der Waals surface area contributed by atoms with Crippen molar-refractivity contribution in [1.29, 1.82) is 0 Å². The average Bonchev–Trinajstić information content (AvgIpc) is 3.15. The number of hydrogen-bond acceptors (Lipinski definition) is 6. The second-order valence-corrected chi connectivity index (χ2v) is 7.39. The van der Waals surface area contributed by atoms with Crippen molar-refractivity contribution in [3.63, 3.8) is 0 Å².